The van der Waals surface area contributed by atoms with E-state index in [1.165, 1.54) is 19.3 Å². The van der Waals surface area contributed by atoms with Gasteiger partial charge in [0, 0.05) is 0 Å². The van der Waals surface area contributed by atoms with Crippen molar-refractivity contribution in [2.45, 2.75) is 38.5 Å². The highest BCUT2D eigenvalue weighted by Gasteiger charge is 1.83. The Morgan fingerprint density at radius 1 is 0.833 bits per heavy atom. The van der Waals surface area contributed by atoms with Crippen LogP contribution in [0.5, 0.6) is 0 Å². The maximum absolute atomic E-state index is 3.30. The summed E-state index contributed by atoms with van der Waals surface area (Å²) in [6, 6.07) is 0. The van der Waals surface area contributed by atoms with Crippen molar-refractivity contribution in [3.63, 3.8) is 0 Å². The minimum absolute atomic E-state index is 1.08. The quantitative estimate of drug-likeness (QED) is 0.474. The van der Waals surface area contributed by atoms with Gasteiger partial charge in [-0.2, -0.15) is 0 Å². The molecule has 12 heavy (non-hydrogen) atoms. The van der Waals surface area contributed by atoms with E-state index in [0.29, 0.717) is 0 Å². The first-order valence-corrected chi connectivity index (χ1v) is 4.85. The molecule has 0 fully saturated rings. The zero-order chi connectivity index (χ0) is 8.49. The Balaban J connectivity index is 2.30. The fraction of sp³-hybridized carbons (Fsp3) is 0.500. The lowest BCUT2D eigenvalue weighted by Crippen LogP contribution is -1.73. The zero-order valence-electron chi connectivity index (χ0n) is 7.63. The Morgan fingerprint density at radius 3 is 2.58 bits per heavy atom. The lowest BCUT2D eigenvalue weighted by molar-refractivity contribution is 0.855. The molecule has 0 nitrogen and oxygen atoms in total. The van der Waals surface area contributed by atoms with E-state index in [-0.39, 0.29) is 0 Å². The Hall–Kier alpha value is -0.780. The van der Waals surface area contributed by atoms with Crippen molar-refractivity contribution in [2.75, 3.05) is 0 Å². The van der Waals surface area contributed by atoms with E-state index in [4.69, 9.17) is 0 Å². The molecular weight excluding hydrogens is 144 g/mol. The molecule has 1 aliphatic rings. The molecule has 0 aromatic rings. The molecule has 0 spiro atoms. The summed E-state index contributed by atoms with van der Waals surface area (Å²) < 4.78 is 0. The van der Waals surface area contributed by atoms with E-state index in [1.807, 2.05) is 0 Å². The standard InChI is InChI=1S/C12H17/c1-2-4-6-8-10-12-11-9-7-5-3-1/h1-2,5,7,10H,3-4,6,8-9,11H2/b2-1+,7-5+,12-10?. The third-order valence-electron chi connectivity index (χ3n) is 1.92. The number of rotatable bonds is 0. The molecule has 65 valence electrons. The third kappa shape index (κ3) is 4.95. The van der Waals surface area contributed by atoms with E-state index in [2.05, 4.69) is 36.5 Å². The van der Waals surface area contributed by atoms with Gasteiger partial charge in [0.15, 0.2) is 0 Å². The molecule has 0 bridgehead atoms. The highest BCUT2D eigenvalue weighted by atomic mass is 13.9. The minimum Gasteiger partial charge on any atom is -0.0882 e. The summed E-state index contributed by atoms with van der Waals surface area (Å²) in [5, 5.41) is 0. The van der Waals surface area contributed by atoms with E-state index < -0.39 is 0 Å². The molecule has 0 N–H and O–H groups in total. The fourth-order valence-electron chi connectivity index (χ4n) is 1.22. The molecule has 0 heteroatoms. The second kappa shape index (κ2) is 6.90. The summed E-state index contributed by atoms with van der Waals surface area (Å²) in [5.74, 6) is 0. The van der Waals surface area contributed by atoms with Gasteiger partial charge in [-0.05, 0) is 44.6 Å². The topological polar surface area (TPSA) is 0 Å². The van der Waals surface area contributed by atoms with Crippen LogP contribution in [0.1, 0.15) is 38.5 Å². The van der Waals surface area contributed by atoms with Crippen LogP contribution in [-0.4, -0.2) is 0 Å². The predicted molar refractivity (Wildman–Crippen MR) is 53.8 cm³/mol. The lowest BCUT2D eigenvalue weighted by atomic mass is 10.1. The van der Waals surface area contributed by atoms with Crippen LogP contribution in [-0.2, 0) is 0 Å². The third-order valence-corrected chi connectivity index (χ3v) is 1.92. The smallest absolute Gasteiger partial charge is 0.0169 e. The number of hydrogen-bond donors (Lipinski definition) is 0. The zero-order valence-corrected chi connectivity index (χ0v) is 7.63. The molecular formula is C12H17. The van der Waals surface area contributed by atoms with E-state index >= 15 is 0 Å². The Bertz CT molecular complexity index is 172. The molecule has 0 heterocycles. The van der Waals surface area contributed by atoms with E-state index in [1.54, 1.807) is 0 Å². The molecule has 0 unspecified atom stereocenters. The Kier molecular flexibility index (Phi) is 5.35. The SMILES string of the molecule is [C]1=C/CCC/C=C/C/C=C/CC/1. The molecule has 0 aromatic heterocycles. The average molecular weight is 161 g/mol. The highest BCUT2D eigenvalue weighted by Crippen LogP contribution is 2.02. The summed E-state index contributed by atoms with van der Waals surface area (Å²) in [4.78, 5) is 0. The predicted octanol–water partition coefficient (Wildman–Crippen LogP) is 3.81. The molecule has 1 aliphatic carbocycles. The van der Waals surface area contributed by atoms with Crippen molar-refractivity contribution in [2.24, 2.45) is 0 Å². The van der Waals surface area contributed by atoms with Gasteiger partial charge in [-0.25, -0.2) is 0 Å². The summed E-state index contributed by atoms with van der Waals surface area (Å²) in [7, 11) is 0. The van der Waals surface area contributed by atoms with Crippen molar-refractivity contribution in [3.05, 3.63) is 36.5 Å². The second-order valence-corrected chi connectivity index (χ2v) is 3.06. The molecule has 0 saturated heterocycles. The average Bonchev–Trinajstić information content (AvgIpc) is 2.05. The lowest BCUT2D eigenvalue weighted by Gasteiger charge is -1.92. The van der Waals surface area contributed by atoms with Crippen LogP contribution >= 0.6 is 0 Å². The fourth-order valence-corrected chi connectivity index (χ4v) is 1.22. The van der Waals surface area contributed by atoms with Crippen LogP contribution in [0.4, 0.5) is 0 Å². The van der Waals surface area contributed by atoms with Gasteiger partial charge < -0.3 is 0 Å². The van der Waals surface area contributed by atoms with Gasteiger partial charge in [0.05, 0.1) is 0 Å². The van der Waals surface area contributed by atoms with Crippen LogP contribution in [0.3, 0.4) is 0 Å². The molecule has 0 atom stereocenters. The van der Waals surface area contributed by atoms with Crippen molar-refractivity contribution >= 4 is 0 Å². The monoisotopic (exact) mass is 161 g/mol. The van der Waals surface area contributed by atoms with Gasteiger partial charge in [-0.3, -0.25) is 0 Å². The Morgan fingerprint density at radius 2 is 1.67 bits per heavy atom. The van der Waals surface area contributed by atoms with Crippen LogP contribution < -0.4 is 0 Å². The summed E-state index contributed by atoms with van der Waals surface area (Å²) in [6.07, 6.45) is 21.5. The van der Waals surface area contributed by atoms with Crippen LogP contribution in [0, 0.1) is 6.08 Å². The number of hydrogen-bond acceptors (Lipinski definition) is 0. The van der Waals surface area contributed by atoms with Crippen LogP contribution in [0.15, 0.2) is 30.4 Å². The molecule has 0 amide bonds. The first kappa shape index (κ1) is 9.31. The van der Waals surface area contributed by atoms with Gasteiger partial charge in [-0.15, -0.1) is 0 Å². The minimum atomic E-state index is 1.08. The van der Waals surface area contributed by atoms with E-state index in [9.17, 15) is 0 Å². The summed E-state index contributed by atoms with van der Waals surface area (Å²) in [5.41, 5.74) is 0. The maximum Gasteiger partial charge on any atom is -0.0169 e. The maximum atomic E-state index is 3.30. The van der Waals surface area contributed by atoms with Gasteiger partial charge in [0.1, 0.15) is 0 Å². The van der Waals surface area contributed by atoms with Gasteiger partial charge in [0.25, 0.3) is 0 Å². The molecule has 0 saturated carbocycles. The molecule has 0 aromatic carbocycles. The summed E-state index contributed by atoms with van der Waals surface area (Å²) in [6.45, 7) is 0. The highest BCUT2D eigenvalue weighted by molar-refractivity contribution is 4.94. The van der Waals surface area contributed by atoms with Gasteiger partial charge in [0.2, 0.25) is 0 Å². The molecule has 1 rings (SSSR count). The molecule has 1 radical (unpaired) electrons. The van der Waals surface area contributed by atoms with Crippen molar-refractivity contribution < 1.29 is 0 Å². The Labute approximate surface area is 75.7 Å². The van der Waals surface area contributed by atoms with E-state index in [0.717, 1.165) is 19.3 Å². The first-order valence-electron chi connectivity index (χ1n) is 4.85. The van der Waals surface area contributed by atoms with Crippen LogP contribution in [0.25, 0.3) is 0 Å². The van der Waals surface area contributed by atoms with Crippen molar-refractivity contribution in [3.8, 4) is 0 Å². The van der Waals surface area contributed by atoms with Crippen LogP contribution in [0.2, 0.25) is 0 Å². The van der Waals surface area contributed by atoms with Gasteiger partial charge >= 0.3 is 0 Å². The first-order chi connectivity index (χ1) is 6.00. The largest absolute Gasteiger partial charge is 0.0882 e. The summed E-state index contributed by atoms with van der Waals surface area (Å²) >= 11 is 0. The second-order valence-electron chi connectivity index (χ2n) is 3.06. The molecule has 0 aliphatic heterocycles. The normalized spacial score (nSPS) is 28.0. The van der Waals surface area contributed by atoms with Gasteiger partial charge in [-0.1, -0.05) is 30.4 Å². The van der Waals surface area contributed by atoms with Crippen molar-refractivity contribution in [1.82, 2.24) is 0 Å². The van der Waals surface area contributed by atoms with Crippen molar-refractivity contribution in [1.29, 1.82) is 0 Å². The number of allylic oxidation sites excluding steroid dienone is 6.